The van der Waals surface area contributed by atoms with Crippen LogP contribution >= 0.6 is 0 Å². The summed E-state index contributed by atoms with van der Waals surface area (Å²) in [6, 6.07) is 4.12. The van der Waals surface area contributed by atoms with Crippen molar-refractivity contribution in [2.75, 3.05) is 0 Å². The Morgan fingerprint density at radius 1 is 1.33 bits per heavy atom. The van der Waals surface area contributed by atoms with Crippen molar-refractivity contribution in [3.63, 3.8) is 0 Å². The topological polar surface area (TPSA) is 61.6 Å². The zero-order valence-electron chi connectivity index (χ0n) is 15.0. The molecule has 1 aliphatic rings. The quantitative estimate of drug-likeness (QED) is 0.604. The molecule has 24 heavy (non-hydrogen) atoms. The van der Waals surface area contributed by atoms with Crippen LogP contribution in [-0.4, -0.2) is 26.1 Å². The van der Waals surface area contributed by atoms with Crippen LogP contribution in [0.5, 0.6) is 0 Å². The SMILES string of the molecule is CC(C)(C)[Si](C)(C)OC1Cc2ccc3c(COC=O)noc3c2C1. The molecule has 0 saturated carbocycles. The number of carbonyl (C=O) groups excluding carboxylic acids is 1. The first-order valence-electron chi connectivity index (χ1n) is 8.35. The molecule has 3 rings (SSSR count). The number of nitrogens with zero attached hydrogens (tertiary/aromatic N) is 1. The minimum absolute atomic E-state index is 0.138. The Morgan fingerprint density at radius 3 is 2.75 bits per heavy atom. The fourth-order valence-electron chi connectivity index (χ4n) is 3.00. The molecule has 0 radical (unpaired) electrons. The van der Waals surface area contributed by atoms with Crippen LogP contribution < -0.4 is 0 Å². The fraction of sp³-hybridized carbons (Fsp3) is 0.556. The van der Waals surface area contributed by atoms with Gasteiger partial charge < -0.3 is 13.7 Å². The van der Waals surface area contributed by atoms with E-state index in [1.165, 1.54) is 11.1 Å². The third kappa shape index (κ3) is 3.00. The number of aromatic nitrogens is 1. The smallest absolute Gasteiger partial charge is 0.293 e. The molecule has 0 fully saturated rings. The molecule has 1 aromatic carbocycles. The maximum Gasteiger partial charge on any atom is 0.293 e. The standard InChI is InChI=1S/C18H25NO4Si/c1-18(2,3)24(4,5)23-13-8-12-6-7-14-16(10-21-11-20)19-22-17(14)15(12)9-13/h6-7,11,13H,8-10H2,1-5H3. The average Bonchev–Trinajstić information content (AvgIpc) is 3.05. The number of rotatable bonds is 5. The van der Waals surface area contributed by atoms with Gasteiger partial charge in [-0.05, 0) is 36.2 Å². The lowest BCUT2D eigenvalue weighted by Gasteiger charge is -2.38. The molecule has 0 amide bonds. The molecule has 1 aromatic heterocycles. The third-order valence-electron chi connectivity index (χ3n) is 5.35. The van der Waals surface area contributed by atoms with Gasteiger partial charge >= 0.3 is 0 Å². The molecule has 6 heteroatoms. The van der Waals surface area contributed by atoms with Gasteiger partial charge in [-0.25, -0.2) is 0 Å². The Kier molecular flexibility index (Phi) is 4.30. The summed E-state index contributed by atoms with van der Waals surface area (Å²) in [5.74, 6) is 0. The van der Waals surface area contributed by atoms with Crippen LogP contribution in [-0.2, 0) is 33.4 Å². The first-order chi connectivity index (χ1) is 11.2. The summed E-state index contributed by atoms with van der Waals surface area (Å²) >= 11 is 0. The van der Waals surface area contributed by atoms with Crippen LogP contribution in [0.25, 0.3) is 11.0 Å². The molecular formula is C18H25NO4Si. The molecule has 1 atom stereocenters. The number of benzene rings is 1. The maximum atomic E-state index is 10.4. The second-order valence-corrected chi connectivity index (χ2v) is 12.8. The van der Waals surface area contributed by atoms with Crippen LogP contribution in [0.1, 0.15) is 37.6 Å². The van der Waals surface area contributed by atoms with Crippen molar-refractivity contribution in [2.45, 2.75) is 64.5 Å². The summed E-state index contributed by atoms with van der Waals surface area (Å²) in [5.41, 5.74) is 3.92. The summed E-state index contributed by atoms with van der Waals surface area (Å²) in [6.45, 7) is 11.9. The van der Waals surface area contributed by atoms with Crippen molar-refractivity contribution in [1.29, 1.82) is 0 Å². The lowest BCUT2D eigenvalue weighted by Crippen LogP contribution is -2.44. The molecule has 5 nitrogen and oxygen atoms in total. The van der Waals surface area contributed by atoms with Crippen LogP contribution in [0.15, 0.2) is 16.7 Å². The van der Waals surface area contributed by atoms with Gasteiger partial charge in [-0.15, -0.1) is 0 Å². The second kappa shape index (κ2) is 6.00. The van der Waals surface area contributed by atoms with Gasteiger partial charge in [0, 0.05) is 17.4 Å². The van der Waals surface area contributed by atoms with E-state index in [9.17, 15) is 4.79 Å². The van der Waals surface area contributed by atoms with Gasteiger partial charge in [0.2, 0.25) is 0 Å². The number of fused-ring (bicyclic) bond motifs is 3. The normalized spacial score (nSPS) is 18.0. The maximum absolute atomic E-state index is 10.4. The molecule has 1 aliphatic carbocycles. The predicted octanol–water partition coefficient (Wildman–Crippen LogP) is 3.99. The van der Waals surface area contributed by atoms with Gasteiger partial charge in [-0.1, -0.05) is 32.0 Å². The van der Waals surface area contributed by atoms with E-state index in [0.29, 0.717) is 12.2 Å². The number of ether oxygens (including phenoxy) is 1. The van der Waals surface area contributed by atoms with Gasteiger partial charge in [-0.2, -0.15) is 0 Å². The highest BCUT2D eigenvalue weighted by atomic mass is 28.4. The van der Waals surface area contributed by atoms with E-state index < -0.39 is 8.32 Å². The van der Waals surface area contributed by atoms with Crippen molar-refractivity contribution in [1.82, 2.24) is 5.16 Å². The van der Waals surface area contributed by atoms with Gasteiger partial charge in [0.05, 0.1) is 6.10 Å². The highest BCUT2D eigenvalue weighted by molar-refractivity contribution is 6.74. The number of hydrogen-bond acceptors (Lipinski definition) is 5. The zero-order valence-corrected chi connectivity index (χ0v) is 16.0. The van der Waals surface area contributed by atoms with Gasteiger partial charge in [0.1, 0.15) is 12.3 Å². The van der Waals surface area contributed by atoms with Crippen LogP contribution in [0.4, 0.5) is 0 Å². The van der Waals surface area contributed by atoms with Gasteiger partial charge in [0.15, 0.2) is 13.9 Å². The van der Waals surface area contributed by atoms with E-state index in [1.807, 2.05) is 6.07 Å². The van der Waals surface area contributed by atoms with E-state index in [1.54, 1.807) is 0 Å². The molecule has 130 valence electrons. The molecule has 2 aromatic rings. The molecule has 0 spiro atoms. The summed E-state index contributed by atoms with van der Waals surface area (Å²) in [6.07, 6.45) is 1.97. The zero-order chi connectivity index (χ0) is 17.5. The predicted molar refractivity (Wildman–Crippen MR) is 94.3 cm³/mol. The molecule has 0 saturated heterocycles. The monoisotopic (exact) mass is 347 g/mol. The van der Waals surface area contributed by atoms with E-state index >= 15 is 0 Å². The molecule has 0 N–H and O–H groups in total. The fourth-order valence-corrected chi connectivity index (χ4v) is 4.36. The molecular weight excluding hydrogens is 322 g/mol. The Morgan fingerprint density at radius 2 is 2.08 bits per heavy atom. The molecule has 0 bridgehead atoms. The highest BCUT2D eigenvalue weighted by Crippen LogP contribution is 2.40. The molecule has 0 aliphatic heterocycles. The first-order valence-corrected chi connectivity index (χ1v) is 11.3. The minimum atomic E-state index is -1.79. The lowest BCUT2D eigenvalue weighted by atomic mass is 10.1. The summed E-state index contributed by atoms with van der Waals surface area (Å²) < 4.78 is 16.9. The van der Waals surface area contributed by atoms with E-state index in [4.69, 9.17) is 13.7 Å². The van der Waals surface area contributed by atoms with Crippen molar-refractivity contribution >= 4 is 25.8 Å². The Bertz CT molecular complexity index is 760. The van der Waals surface area contributed by atoms with Crippen LogP contribution in [0, 0.1) is 0 Å². The highest BCUT2D eigenvalue weighted by Gasteiger charge is 2.40. The summed E-state index contributed by atoms with van der Waals surface area (Å²) in [5, 5.41) is 5.18. The van der Waals surface area contributed by atoms with Crippen LogP contribution in [0.2, 0.25) is 18.1 Å². The van der Waals surface area contributed by atoms with Crippen molar-refractivity contribution in [2.24, 2.45) is 0 Å². The summed E-state index contributed by atoms with van der Waals surface area (Å²) in [7, 11) is -1.79. The molecule has 1 heterocycles. The Balaban J connectivity index is 1.84. The van der Waals surface area contributed by atoms with E-state index in [-0.39, 0.29) is 17.7 Å². The number of hydrogen-bond donors (Lipinski definition) is 0. The molecule has 1 unspecified atom stereocenters. The third-order valence-corrected chi connectivity index (χ3v) is 9.89. The summed E-state index contributed by atoms with van der Waals surface area (Å²) in [4.78, 5) is 10.4. The Labute approximate surface area is 143 Å². The van der Waals surface area contributed by atoms with Crippen molar-refractivity contribution < 1.29 is 18.5 Å². The second-order valence-electron chi connectivity index (χ2n) is 8.02. The Hall–Kier alpha value is -1.66. The van der Waals surface area contributed by atoms with Gasteiger partial charge in [0.25, 0.3) is 6.47 Å². The lowest BCUT2D eigenvalue weighted by molar-refractivity contribution is -0.129. The van der Waals surface area contributed by atoms with Crippen molar-refractivity contribution in [3.8, 4) is 0 Å². The van der Waals surface area contributed by atoms with E-state index in [0.717, 1.165) is 23.8 Å². The van der Waals surface area contributed by atoms with E-state index in [2.05, 4.69) is 45.1 Å². The number of carbonyl (C=O) groups is 1. The van der Waals surface area contributed by atoms with Crippen LogP contribution in [0.3, 0.4) is 0 Å². The minimum Gasteiger partial charge on any atom is -0.461 e. The average molecular weight is 347 g/mol. The van der Waals surface area contributed by atoms with Gasteiger partial charge in [-0.3, -0.25) is 4.79 Å². The first kappa shape index (κ1) is 17.2. The largest absolute Gasteiger partial charge is 0.461 e. The van der Waals surface area contributed by atoms with Crippen molar-refractivity contribution in [3.05, 3.63) is 29.0 Å².